The first-order valence-corrected chi connectivity index (χ1v) is 12.6. The number of benzene rings is 3. The van der Waals surface area contributed by atoms with Gasteiger partial charge >= 0.3 is 0 Å². The largest absolute Gasteiger partial charge is 0.484 e. The van der Waals surface area contributed by atoms with Crippen LogP contribution in [-0.2, 0) is 21.1 Å². The highest BCUT2D eigenvalue weighted by atomic mass is 35.5. The number of carbonyl (C=O) groups excluding carboxylic acids is 1. The maximum atomic E-state index is 12.9. The fourth-order valence-electron chi connectivity index (χ4n) is 3.21. The van der Waals surface area contributed by atoms with Crippen LogP contribution in [0.15, 0.2) is 82.6 Å². The van der Waals surface area contributed by atoms with E-state index in [0.29, 0.717) is 30.3 Å². The Hall–Kier alpha value is -2.91. The van der Waals surface area contributed by atoms with E-state index in [2.05, 4.69) is 10.6 Å². The van der Waals surface area contributed by atoms with Gasteiger partial charge in [-0.25, -0.2) is 8.42 Å². The first kappa shape index (κ1) is 25.7. The van der Waals surface area contributed by atoms with Crippen molar-refractivity contribution in [3.05, 3.63) is 88.9 Å². The summed E-state index contributed by atoms with van der Waals surface area (Å²) in [5.41, 5.74) is 1.72. The maximum absolute atomic E-state index is 12.9. The lowest BCUT2D eigenvalue weighted by Gasteiger charge is -2.13. The molecule has 0 aliphatic carbocycles. The predicted molar refractivity (Wildman–Crippen MR) is 131 cm³/mol. The van der Waals surface area contributed by atoms with E-state index in [9.17, 15) is 18.3 Å². The Labute approximate surface area is 204 Å². The van der Waals surface area contributed by atoms with E-state index >= 15 is 0 Å². The second-order valence-corrected chi connectivity index (χ2v) is 9.99. The van der Waals surface area contributed by atoms with Gasteiger partial charge in [0.15, 0.2) is 6.61 Å². The number of hydrogen-bond donors (Lipinski definition) is 3. The smallest absolute Gasteiger partial charge is 0.257 e. The summed E-state index contributed by atoms with van der Waals surface area (Å²) in [6.45, 7) is 0.870. The molecule has 0 aromatic heterocycles. The van der Waals surface area contributed by atoms with Crippen LogP contribution >= 0.6 is 11.6 Å². The lowest BCUT2D eigenvalue weighted by atomic mass is 10.1. The molecule has 180 valence electrons. The van der Waals surface area contributed by atoms with Gasteiger partial charge in [0.25, 0.3) is 5.91 Å². The first-order valence-electron chi connectivity index (χ1n) is 10.7. The molecule has 1 atom stereocenters. The zero-order valence-electron chi connectivity index (χ0n) is 18.7. The minimum absolute atomic E-state index is 0.140. The summed E-state index contributed by atoms with van der Waals surface area (Å²) in [5.74, 6) is 0.134. The molecule has 3 N–H and O–H groups in total. The number of sulfone groups is 1. The van der Waals surface area contributed by atoms with Crippen molar-refractivity contribution in [2.45, 2.75) is 22.3 Å². The van der Waals surface area contributed by atoms with Crippen LogP contribution in [0.25, 0.3) is 0 Å². The molecule has 1 amide bonds. The molecule has 0 fully saturated rings. The molecular formula is C25H27ClN2O5S. The van der Waals surface area contributed by atoms with Crippen LogP contribution in [0.1, 0.15) is 17.2 Å². The van der Waals surface area contributed by atoms with Crippen molar-refractivity contribution < 1.29 is 23.1 Å². The van der Waals surface area contributed by atoms with Crippen LogP contribution in [0, 0.1) is 0 Å². The fourth-order valence-corrected chi connectivity index (χ4v) is 4.67. The van der Waals surface area contributed by atoms with Crippen molar-refractivity contribution >= 4 is 27.3 Å². The number of likely N-dealkylation sites (N-methyl/N-ethyl adjacent to an activating group) is 1. The van der Waals surface area contributed by atoms with Gasteiger partial charge in [-0.1, -0.05) is 35.9 Å². The number of amides is 1. The molecule has 1 unspecified atom stereocenters. The van der Waals surface area contributed by atoms with Crippen LogP contribution < -0.4 is 15.4 Å². The Kier molecular flexibility index (Phi) is 9.06. The number of hydrogen-bond acceptors (Lipinski definition) is 6. The number of aliphatic hydroxyl groups excluding tert-OH is 1. The molecule has 0 saturated carbocycles. The monoisotopic (exact) mass is 502 g/mol. The van der Waals surface area contributed by atoms with Gasteiger partial charge in [-0.3, -0.25) is 4.79 Å². The average molecular weight is 503 g/mol. The standard InChI is InChI=1S/C25H27ClN2O5S/c1-27-25(30)17-33-21-7-11-23(12-8-21)34(31,32)22-9-5-18(6-10-22)13-14-28-16-24(29)19-3-2-4-20(26)15-19/h2-12,15,24,28-29H,13-14,16-17H2,1H3,(H,27,30). The van der Waals surface area contributed by atoms with Gasteiger partial charge in [0.05, 0.1) is 15.9 Å². The van der Waals surface area contributed by atoms with Crippen molar-refractivity contribution in [1.29, 1.82) is 0 Å². The summed E-state index contributed by atoms with van der Waals surface area (Å²) < 4.78 is 31.1. The molecule has 0 spiro atoms. The van der Waals surface area contributed by atoms with Crippen molar-refractivity contribution in [3.63, 3.8) is 0 Å². The minimum Gasteiger partial charge on any atom is -0.484 e. The van der Waals surface area contributed by atoms with E-state index in [-0.39, 0.29) is 22.3 Å². The third-order valence-electron chi connectivity index (χ3n) is 5.18. The number of rotatable bonds is 11. The van der Waals surface area contributed by atoms with Gasteiger partial charge in [0.1, 0.15) is 5.75 Å². The van der Waals surface area contributed by atoms with Crippen LogP contribution in [0.3, 0.4) is 0 Å². The van der Waals surface area contributed by atoms with Crippen molar-refractivity contribution in [2.75, 3.05) is 26.7 Å². The van der Waals surface area contributed by atoms with Gasteiger partial charge in [-0.15, -0.1) is 0 Å². The van der Waals surface area contributed by atoms with E-state index < -0.39 is 15.9 Å². The number of ether oxygens (including phenoxy) is 1. The molecule has 3 aromatic carbocycles. The molecule has 0 aliphatic heterocycles. The summed E-state index contributed by atoms with van der Waals surface area (Å²) in [6, 6.07) is 19.8. The molecule has 0 saturated heterocycles. The van der Waals surface area contributed by atoms with E-state index in [4.69, 9.17) is 16.3 Å². The van der Waals surface area contributed by atoms with E-state index in [1.54, 1.807) is 42.5 Å². The van der Waals surface area contributed by atoms with Gasteiger partial charge < -0.3 is 20.5 Å². The second kappa shape index (κ2) is 12.0. The van der Waals surface area contributed by atoms with Crippen LogP contribution in [-0.4, -0.2) is 46.2 Å². The summed E-state index contributed by atoms with van der Waals surface area (Å²) >= 11 is 5.96. The Morgan fingerprint density at radius 3 is 2.29 bits per heavy atom. The number of aliphatic hydroxyl groups is 1. The van der Waals surface area contributed by atoms with Gasteiger partial charge in [-0.05, 0) is 72.6 Å². The molecule has 9 heteroatoms. The van der Waals surface area contributed by atoms with Crippen LogP contribution in [0.4, 0.5) is 0 Å². The average Bonchev–Trinajstić information content (AvgIpc) is 2.85. The number of nitrogens with one attached hydrogen (secondary N) is 2. The lowest BCUT2D eigenvalue weighted by Crippen LogP contribution is -2.24. The molecule has 34 heavy (non-hydrogen) atoms. The first-order chi connectivity index (χ1) is 16.3. The highest BCUT2D eigenvalue weighted by molar-refractivity contribution is 7.91. The third kappa shape index (κ3) is 7.04. The molecule has 0 radical (unpaired) electrons. The normalized spacial score (nSPS) is 12.2. The number of carbonyl (C=O) groups is 1. The molecule has 7 nitrogen and oxygen atoms in total. The third-order valence-corrected chi connectivity index (χ3v) is 7.20. The Bertz CT molecular complexity index is 1200. The molecule has 0 heterocycles. The van der Waals surface area contributed by atoms with E-state index in [1.807, 2.05) is 6.07 Å². The molecule has 0 bridgehead atoms. The summed E-state index contributed by atoms with van der Waals surface area (Å²) in [7, 11) is -2.16. The van der Waals surface area contributed by atoms with Gasteiger partial charge in [0, 0.05) is 18.6 Å². The van der Waals surface area contributed by atoms with Crippen molar-refractivity contribution in [1.82, 2.24) is 10.6 Å². The van der Waals surface area contributed by atoms with Crippen molar-refractivity contribution in [3.8, 4) is 5.75 Å². The molecule has 0 aliphatic rings. The predicted octanol–water partition coefficient (Wildman–Crippen LogP) is 3.16. The highest BCUT2D eigenvalue weighted by Gasteiger charge is 2.17. The quantitative estimate of drug-likeness (QED) is 0.348. The zero-order chi connectivity index (χ0) is 24.6. The highest BCUT2D eigenvalue weighted by Crippen LogP contribution is 2.23. The van der Waals surface area contributed by atoms with E-state index in [0.717, 1.165) is 11.1 Å². The SMILES string of the molecule is CNC(=O)COc1ccc(S(=O)(=O)c2ccc(CCNCC(O)c3cccc(Cl)c3)cc2)cc1. The van der Waals surface area contributed by atoms with Gasteiger partial charge in [-0.2, -0.15) is 0 Å². The topological polar surface area (TPSA) is 105 Å². The fraction of sp³-hybridized carbons (Fsp3) is 0.240. The summed E-state index contributed by atoms with van der Waals surface area (Å²) in [6.07, 6.45) is 0.0202. The maximum Gasteiger partial charge on any atom is 0.257 e. The minimum atomic E-state index is -3.67. The van der Waals surface area contributed by atoms with Gasteiger partial charge in [0.2, 0.25) is 9.84 Å². The Morgan fingerprint density at radius 1 is 1.03 bits per heavy atom. The van der Waals surface area contributed by atoms with Crippen molar-refractivity contribution in [2.24, 2.45) is 0 Å². The Balaban J connectivity index is 1.52. The Morgan fingerprint density at radius 2 is 1.68 bits per heavy atom. The zero-order valence-corrected chi connectivity index (χ0v) is 20.3. The van der Waals surface area contributed by atoms with Crippen LogP contribution in [0.2, 0.25) is 5.02 Å². The molecule has 3 aromatic rings. The van der Waals surface area contributed by atoms with Crippen LogP contribution in [0.5, 0.6) is 5.75 Å². The summed E-state index contributed by atoms with van der Waals surface area (Å²) in [5, 5.41) is 16.5. The lowest BCUT2D eigenvalue weighted by molar-refractivity contribution is -0.122. The number of halogens is 1. The molecule has 3 rings (SSSR count). The van der Waals surface area contributed by atoms with E-state index in [1.165, 1.54) is 31.3 Å². The summed E-state index contributed by atoms with van der Waals surface area (Å²) in [4.78, 5) is 11.6. The molecular weight excluding hydrogens is 476 g/mol. The second-order valence-electron chi connectivity index (χ2n) is 7.61.